The second-order valence-corrected chi connectivity index (χ2v) is 7.45. The van der Waals surface area contributed by atoms with Gasteiger partial charge in [-0.1, -0.05) is 20.8 Å². The lowest BCUT2D eigenvalue weighted by Crippen LogP contribution is -2.35. The molecule has 5 heteroatoms. The Morgan fingerprint density at radius 3 is 2.13 bits per heavy atom. The summed E-state index contributed by atoms with van der Waals surface area (Å²) in [5.41, 5.74) is 0.0126. The number of nitrogens with zero attached hydrogens (tertiary/aromatic N) is 1. The first kappa shape index (κ1) is 14.9. The Morgan fingerprint density at radius 1 is 1.33 bits per heavy atom. The van der Waals surface area contributed by atoms with Gasteiger partial charge in [0.15, 0.2) is 0 Å². The molecule has 0 heterocycles. The Bertz CT molecular complexity index is 278. The van der Waals surface area contributed by atoms with E-state index in [1.807, 2.05) is 20.8 Å². The SMILES string of the molecule is CC(O)CN(C)S(=O)(=O)CCC(C)(C)C. The molecule has 0 aromatic carbocycles. The molecular weight excluding hydrogens is 214 g/mol. The fourth-order valence-corrected chi connectivity index (χ4v) is 2.70. The monoisotopic (exact) mass is 237 g/mol. The summed E-state index contributed by atoms with van der Waals surface area (Å²) in [4.78, 5) is 0. The molecule has 92 valence electrons. The zero-order chi connectivity index (χ0) is 12.3. The van der Waals surface area contributed by atoms with Crippen LogP contribution in [0.3, 0.4) is 0 Å². The summed E-state index contributed by atoms with van der Waals surface area (Å²) in [5, 5.41) is 9.11. The van der Waals surface area contributed by atoms with Crippen molar-refractivity contribution < 1.29 is 13.5 Å². The largest absolute Gasteiger partial charge is 0.392 e. The van der Waals surface area contributed by atoms with E-state index in [-0.39, 0.29) is 17.7 Å². The molecule has 0 radical (unpaired) electrons. The summed E-state index contributed by atoms with van der Waals surface area (Å²) in [6.07, 6.45) is -0.00106. The van der Waals surface area contributed by atoms with Gasteiger partial charge in [0.2, 0.25) is 10.0 Å². The van der Waals surface area contributed by atoms with Crippen LogP contribution < -0.4 is 0 Å². The Balaban J connectivity index is 4.31. The molecule has 0 bridgehead atoms. The van der Waals surface area contributed by atoms with Gasteiger partial charge in [-0.3, -0.25) is 0 Å². The van der Waals surface area contributed by atoms with E-state index in [0.29, 0.717) is 6.42 Å². The molecule has 15 heavy (non-hydrogen) atoms. The van der Waals surface area contributed by atoms with E-state index in [1.54, 1.807) is 6.92 Å². The molecule has 0 saturated carbocycles. The minimum Gasteiger partial charge on any atom is -0.392 e. The third-order valence-corrected chi connectivity index (χ3v) is 3.93. The number of hydrogen-bond donors (Lipinski definition) is 1. The molecule has 1 unspecified atom stereocenters. The number of hydrogen-bond acceptors (Lipinski definition) is 3. The van der Waals surface area contributed by atoms with Crippen molar-refractivity contribution in [3.05, 3.63) is 0 Å². The average Bonchev–Trinajstić information content (AvgIpc) is 1.98. The maximum absolute atomic E-state index is 11.7. The van der Waals surface area contributed by atoms with E-state index in [9.17, 15) is 8.42 Å². The summed E-state index contributed by atoms with van der Waals surface area (Å²) >= 11 is 0. The molecule has 0 aliphatic rings. The van der Waals surface area contributed by atoms with E-state index >= 15 is 0 Å². The molecular formula is C10H23NO3S. The first-order valence-electron chi connectivity index (χ1n) is 5.17. The number of sulfonamides is 1. The van der Waals surface area contributed by atoms with Crippen LogP contribution in [0.1, 0.15) is 34.1 Å². The van der Waals surface area contributed by atoms with Crippen molar-refractivity contribution in [2.45, 2.75) is 40.2 Å². The highest BCUT2D eigenvalue weighted by molar-refractivity contribution is 7.89. The van der Waals surface area contributed by atoms with Crippen molar-refractivity contribution in [3.8, 4) is 0 Å². The van der Waals surface area contributed by atoms with Crippen molar-refractivity contribution >= 4 is 10.0 Å². The maximum atomic E-state index is 11.7. The standard InChI is InChI=1S/C10H23NO3S/c1-9(12)8-11(5)15(13,14)7-6-10(2,3)4/h9,12H,6-8H2,1-5H3. The molecule has 0 rings (SSSR count). The minimum atomic E-state index is -3.22. The van der Waals surface area contributed by atoms with Gasteiger partial charge >= 0.3 is 0 Å². The molecule has 0 amide bonds. The van der Waals surface area contributed by atoms with Crippen LogP contribution in [0.25, 0.3) is 0 Å². The van der Waals surface area contributed by atoms with E-state index in [0.717, 1.165) is 0 Å². The molecule has 0 fully saturated rings. The third kappa shape index (κ3) is 6.87. The number of likely N-dealkylation sites (N-methyl/N-ethyl adjacent to an activating group) is 1. The Hall–Kier alpha value is -0.130. The van der Waals surface area contributed by atoms with Crippen LogP contribution in [0, 0.1) is 5.41 Å². The van der Waals surface area contributed by atoms with Crippen LogP contribution >= 0.6 is 0 Å². The van der Waals surface area contributed by atoms with Crippen LogP contribution in [0.5, 0.6) is 0 Å². The fraction of sp³-hybridized carbons (Fsp3) is 1.00. The van der Waals surface area contributed by atoms with Crippen LogP contribution in [-0.4, -0.2) is 43.3 Å². The van der Waals surface area contributed by atoms with Gasteiger partial charge in [0.1, 0.15) is 0 Å². The Kier molecular flexibility index (Phi) is 5.23. The zero-order valence-corrected chi connectivity index (χ0v) is 11.1. The molecule has 4 nitrogen and oxygen atoms in total. The highest BCUT2D eigenvalue weighted by atomic mass is 32.2. The second kappa shape index (κ2) is 5.27. The summed E-state index contributed by atoms with van der Waals surface area (Å²) in [5.74, 6) is 0.139. The summed E-state index contributed by atoms with van der Waals surface area (Å²) < 4.78 is 24.7. The fourth-order valence-electron chi connectivity index (χ4n) is 1.08. The smallest absolute Gasteiger partial charge is 0.213 e. The van der Waals surface area contributed by atoms with E-state index < -0.39 is 16.1 Å². The third-order valence-electron chi connectivity index (χ3n) is 2.11. The summed E-state index contributed by atoms with van der Waals surface area (Å²) in [6, 6.07) is 0. The molecule has 1 atom stereocenters. The van der Waals surface area contributed by atoms with E-state index in [4.69, 9.17) is 5.11 Å². The van der Waals surface area contributed by atoms with Crippen LogP contribution in [0.15, 0.2) is 0 Å². The van der Waals surface area contributed by atoms with Crippen molar-refractivity contribution in [2.75, 3.05) is 19.3 Å². The van der Waals surface area contributed by atoms with Crippen LogP contribution in [-0.2, 0) is 10.0 Å². The first-order chi connectivity index (χ1) is 6.54. The van der Waals surface area contributed by atoms with Gasteiger partial charge in [0.25, 0.3) is 0 Å². The van der Waals surface area contributed by atoms with Gasteiger partial charge in [0.05, 0.1) is 11.9 Å². The molecule has 0 aliphatic carbocycles. The normalized spacial score (nSPS) is 15.7. The van der Waals surface area contributed by atoms with Gasteiger partial charge in [0, 0.05) is 13.6 Å². The zero-order valence-electron chi connectivity index (χ0n) is 10.3. The highest BCUT2D eigenvalue weighted by Gasteiger charge is 2.22. The Labute approximate surface area is 93.3 Å². The molecule has 0 saturated heterocycles. The lowest BCUT2D eigenvalue weighted by Gasteiger charge is -2.22. The van der Waals surface area contributed by atoms with Gasteiger partial charge in [-0.25, -0.2) is 12.7 Å². The van der Waals surface area contributed by atoms with Gasteiger partial charge in [-0.2, -0.15) is 0 Å². The predicted octanol–water partition coefficient (Wildman–Crippen LogP) is 1.06. The van der Waals surface area contributed by atoms with Crippen LogP contribution in [0.4, 0.5) is 0 Å². The minimum absolute atomic E-state index is 0.0126. The Morgan fingerprint density at radius 2 is 1.80 bits per heavy atom. The topological polar surface area (TPSA) is 57.6 Å². The molecule has 0 aromatic rings. The van der Waals surface area contributed by atoms with Crippen molar-refractivity contribution in [2.24, 2.45) is 5.41 Å². The summed E-state index contributed by atoms with van der Waals surface area (Å²) in [7, 11) is -1.71. The molecule has 0 aromatic heterocycles. The quantitative estimate of drug-likeness (QED) is 0.778. The lowest BCUT2D eigenvalue weighted by molar-refractivity contribution is 0.171. The number of rotatable bonds is 5. The van der Waals surface area contributed by atoms with Crippen molar-refractivity contribution in [1.82, 2.24) is 4.31 Å². The maximum Gasteiger partial charge on any atom is 0.213 e. The van der Waals surface area contributed by atoms with Crippen LogP contribution in [0.2, 0.25) is 0 Å². The predicted molar refractivity (Wildman–Crippen MR) is 62.2 cm³/mol. The summed E-state index contributed by atoms with van der Waals surface area (Å²) in [6.45, 7) is 7.77. The average molecular weight is 237 g/mol. The van der Waals surface area contributed by atoms with Gasteiger partial charge in [-0.15, -0.1) is 0 Å². The van der Waals surface area contributed by atoms with E-state index in [1.165, 1.54) is 11.4 Å². The highest BCUT2D eigenvalue weighted by Crippen LogP contribution is 2.20. The lowest BCUT2D eigenvalue weighted by atomic mass is 9.94. The van der Waals surface area contributed by atoms with Gasteiger partial charge < -0.3 is 5.11 Å². The molecule has 0 aliphatic heterocycles. The van der Waals surface area contributed by atoms with Crippen molar-refractivity contribution in [3.63, 3.8) is 0 Å². The number of aliphatic hydroxyl groups excluding tert-OH is 1. The molecule has 0 spiro atoms. The molecule has 1 N–H and O–H groups in total. The van der Waals surface area contributed by atoms with Crippen molar-refractivity contribution in [1.29, 1.82) is 0 Å². The first-order valence-corrected chi connectivity index (χ1v) is 6.77. The van der Waals surface area contributed by atoms with E-state index in [2.05, 4.69) is 0 Å². The number of aliphatic hydroxyl groups is 1. The van der Waals surface area contributed by atoms with Gasteiger partial charge in [-0.05, 0) is 18.8 Å². The second-order valence-electron chi connectivity index (χ2n) is 5.26.